The van der Waals surface area contributed by atoms with Gasteiger partial charge in [0.2, 0.25) is 0 Å². The minimum Gasteiger partial charge on any atom is -0.463 e. The first kappa shape index (κ1) is 29.4. The Labute approximate surface area is 241 Å². The summed E-state index contributed by atoms with van der Waals surface area (Å²) in [6.07, 6.45) is -1.73. The maximum absolute atomic E-state index is 13.1. The summed E-state index contributed by atoms with van der Waals surface area (Å²) in [6, 6.07) is 10.6. The van der Waals surface area contributed by atoms with Crippen molar-refractivity contribution in [2.24, 2.45) is 0 Å². The van der Waals surface area contributed by atoms with Crippen molar-refractivity contribution in [1.82, 2.24) is 14.5 Å². The van der Waals surface area contributed by atoms with E-state index in [1.165, 1.54) is 13.8 Å². The van der Waals surface area contributed by atoms with Gasteiger partial charge in [0.15, 0.2) is 0 Å². The van der Waals surface area contributed by atoms with Crippen LogP contribution in [0.4, 0.5) is 5.82 Å². The number of rotatable bonds is 7. The number of nitriles is 2. The first-order valence-corrected chi connectivity index (χ1v) is 13.1. The molecular formula is C26H21ClN6O7S. The number of carbonyl (C=O) groups excluding carboxylic acids is 2. The molecule has 0 bridgehead atoms. The molecule has 0 aliphatic carbocycles. The fourth-order valence-electron chi connectivity index (χ4n) is 4.19. The highest BCUT2D eigenvalue weighted by Crippen LogP contribution is 2.38. The van der Waals surface area contributed by atoms with E-state index in [1.54, 1.807) is 24.3 Å². The van der Waals surface area contributed by atoms with Crippen molar-refractivity contribution in [2.75, 3.05) is 12.3 Å². The van der Waals surface area contributed by atoms with Crippen molar-refractivity contribution in [2.45, 2.75) is 48.6 Å². The molecule has 1 aliphatic heterocycles. The number of nitrogens with one attached hydrogen (secondary N) is 1. The summed E-state index contributed by atoms with van der Waals surface area (Å²) in [5.74, 6) is -1.43. The largest absolute Gasteiger partial charge is 0.463 e. The predicted molar refractivity (Wildman–Crippen MR) is 145 cm³/mol. The minimum absolute atomic E-state index is 0.0245. The molecule has 2 aromatic heterocycles. The van der Waals surface area contributed by atoms with Crippen LogP contribution in [0.1, 0.15) is 37.6 Å². The van der Waals surface area contributed by atoms with Crippen LogP contribution in [0.3, 0.4) is 0 Å². The zero-order valence-corrected chi connectivity index (χ0v) is 23.1. The van der Waals surface area contributed by atoms with Gasteiger partial charge in [-0.05, 0) is 24.3 Å². The van der Waals surface area contributed by atoms with E-state index in [1.807, 2.05) is 12.1 Å². The van der Waals surface area contributed by atoms with Crippen molar-refractivity contribution < 1.29 is 23.8 Å². The summed E-state index contributed by atoms with van der Waals surface area (Å²) in [5.41, 5.74) is 3.61. The Morgan fingerprint density at radius 2 is 1.88 bits per heavy atom. The van der Waals surface area contributed by atoms with Gasteiger partial charge in [-0.1, -0.05) is 23.4 Å². The highest BCUT2D eigenvalue weighted by Gasteiger charge is 2.40. The Kier molecular flexibility index (Phi) is 8.78. The Balaban J connectivity index is 1.83. The van der Waals surface area contributed by atoms with Crippen LogP contribution in [0.25, 0.3) is 11.1 Å². The van der Waals surface area contributed by atoms with Gasteiger partial charge in [0.1, 0.15) is 53.6 Å². The molecule has 3 atom stereocenters. The number of pyridine rings is 1. The molecule has 41 heavy (non-hydrogen) atoms. The Morgan fingerprint density at radius 1 is 1.20 bits per heavy atom. The number of nitrogens with two attached hydrogens (primary N) is 1. The van der Waals surface area contributed by atoms with E-state index in [9.17, 15) is 29.7 Å². The number of nitrogen functional groups attached to an aromatic ring is 1. The summed E-state index contributed by atoms with van der Waals surface area (Å²) in [6.45, 7) is 2.14. The minimum atomic E-state index is -1.07. The van der Waals surface area contributed by atoms with Gasteiger partial charge < -0.3 is 19.9 Å². The molecular weight excluding hydrogens is 576 g/mol. The summed E-state index contributed by atoms with van der Waals surface area (Å²) in [7, 11) is 0. The highest BCUT2D eigenvalue weighted by molar-refractivity contribution is 7.99. The molecule has 210 valence electrons. The maximum atomic E-state index is 13.1. The second-order valence-corrected chi connectivity index (χ2v) is 10.2. The van der Waals surface area contributed by atoms with Crippen LogP contribution in [0, 0.1) is 22.7 Å². The lowest BCUT2D eigenvalue weighted by Crippen LogP contribution is -2.33. The molecule has 0 radical (unpaired) electrons. The lowest BCUT2D eigenvalue weighted by atomic mass is 9.99. The zero-order valence-electron chi connectivity index (χ0n) is 21.5. The number of nitrogens with zero attached hydrogens (tertiary/aromatic N) is 4. The van der Waals surface area contributed by atoms with E-state index in [4.69, 9.17) is 31.5 Å². The third-order valence-corrected chi connectivity index (χ3v) is 7.19. The fraction of sp³-hybridized carbons (Fsp3) is 0.269. The molecule has 1 fully saturated rings. The molecule has 3 aromatic rings. The van der Waals surface area contributed by atoms with E-state index in [0.717, 1.165) is 22.5 Å². The summed E-state index contributed by atoms with van der Waals surface area (Å²) in [4.78, 5) is 56.0. The normalized spacial score (nSPS) is 17.8. The first-order valence-electron chi connectivity index (χ1n) is 11.9. The predicted octanol–water partition coefficient (Wildman–Crippen LogP) is 2.51. The van der Waals surface area contributed by atoms with Crippen LogP contribution in [-0.2, 0) is 23.8 Å². The van der Waals surface area contributed by atoms with Crippen LogP contribution in [0.5, 0.6) is 0 Å². The average Bonchev–Trinajstić information content (AvgIpc) is 3.30. The van der Waals surface area contributed by atoms with Crippen LogP contribution in [0.15, 0.2) is 50.0 Å². The molecule has 1 aliphatic rings. The molecule has 0 amide bonds. The molecule has 3 heterocycles. The number of H-pyrrole nitrogens is 1. The van der Waals surface area contributed by atoms with Gasteiger partial charge in [0.25, 0.3) is 5.56 Å². The number of hydrogen-bond donors (Lipinski definition) is 2. The quantitative estimate of drug-likeness (QED) is 0.378. The second-order valence-electron chi connectivity index (χ2n) is 8.73. The topological polar surface area (TPSA) is 203 Å². The smallest absolute Gasteiger partial charge is 0.330 e. The number of esters is 2. The van der Waals surface area contributed by atoms with E-state index in [2.05, 4.69) is 9.97 Å². The summed E-state index contributed by atoms with van der Waals surface area (Å²) >= 11 is 7.03. The van der Waals surface area contributed by atoms with E-state index >= 15 is 0 Å². The Bertz CT molecular complexity index is 1720. The average molecular weight is 597 g/mol. The second kappa shape index (κ2) is 12.3. The number of hydrogen-bond acceptors (Lipinski definition) is 12. The Hall–Kier alpha value is -4.63. The number of aromatic amines is 1. The van der Waals surface area contributed by atoms with Crippen LogP contribution in [0.2, 0.25) is 5.02 Å². The van der Waals surface area contributed by atoms with E-state index in [-0.39, 0.29) is 46.1 Å². The number of benzene rings is 1. The van der Waals surface area contributed by atoms with E-state index in [0.29, 0.717) is 9.92 Å². The molecule has 1 unspecified atom stereocenters. The van der Waals surface area contributed by atoms with Gasteiger partial charge in [-0.3, -0.25) is 23.9 Å². The number of aromatic nitrogens is 3. The zero-order chi connectivity index (χ0) is 29.8. The maximum Gasteiger partial charge on any atom is 0.330 e. The molecule has 1 aromatic carbocycles. The van der Waals surface area contributed by atoms with Gasteiger partial charge in [0, 0.05) is 41.9 Å². The van der Waals surface area contributed by atoms with Gasteiger partial charge in [-0.2, -0.15) is 10.5 Å². The van der Waals surface area contributed by atoms with Gasteiger partial charge in [-0.25, -0.2) is 9.78 Å². The number of halogens is 1. The first-order chi connectivity index (χ1) is 19.5. The van der Waals surface area contributed by atoms with Gasteiger partial charge in [-0.15, -0.1) is 0 Å². The third kappa shape index (κ3) is 6.41. The molecule has 1 saturated heterocycles. The molecule has 0 saturated carbocycles. The molecule has 4 rings (SSSR count). The highest BCUT2D eigenvalue weighted by atomic mass is 35.5. The third-order valence-electron chi connectivity index (χ3n) is 5.94. The van der Waals surface area contributed by atoms with Crippen molar-refractivity contribution >= 4 is 41.1 Å². The lowest BCUT2D eigenvalue weighted by Gasteiger charge is -2.18. The van der Waals surface area contributed by atoms with Crippen molar-refractivity contribution in [3.63, 3.8) is 0 Å². The van der Waals surface area contributed by atoms with E-state index < -0.39 is 41.6 Å². The lowest BCUT2D eigenvalue weighted by molar-refractivity contribution is -0.155. The number of carbonyl (C=O) groups is 2. The standard InChI is InChI=1S/C26H21ClN6O7S/c1-12(34)38-11-20-19(39-13(2)35)7-21(40-20)33-10-18(24(36)32-26(33)37)22-16(8-28)23(30)31-25(17(22)9-29)41-15-5-3-14(27)4-6-15/h3-6,10,19-21H,7,11H2,1-2H3,(H2,30,31)(H,32,36,37)/t19?,20-,21-/m1/s1. The monoisotopic (exact) mass is 596 g/mol. The summed E-state index contributed by atoms with van der Waals surface area (Å²) < 4.78 is 17.2. The molecule has 15 heteroatoms. The molecule has 0 spiro atoms. The van der Waals surface area contributed by atoms with Crippen LogP contribution < -0.4 is 17.0 Å². The molecule has 3 N–H and O–H groups in total. The van der Waals surface area contributed by atoms with Crippen molar-refractivity contribution in [3.05, 3.63) is 67.4 Å². The summed E-state index contributed by atoms with van der Waals surface area (Å²) in [5, 5.41) is 20.6. The Morgan fingerprint density at radius 3 is 2.49 bits per heavy atom. The molecule has 13 nitrogen and oxygen atoms in total. The number of anilines is 1. The van der Waals surface area contributed by atoms with Crippen LogP contribution in [-0.4, -0.2) is 45.3 Å². The van der Waals surface area contributed by atoms with Crippen molar-refractivity contribution in [3.8, 4) is 23.3 Å². The number of ether oxygens (including phenoxy) is 3. The van der Waals surface area contributed by atoms with Crippen molar-refractivity contribution in [1.29, 1.82) is 10.5 Å². The van der Waals surface area contributed by atoms with Gasteiger partial charge >= 0.3 is 17.6 Å². The SMILES string of the molecule is CC(=O)OC[C@H]1O[C@@H](n2cc(-c3c(C#N)c(N)nc(Sc4ccc(Cl)cc4)c3C#N)c(=O)[nH]c2=O)CC1OC(C)=O. The van der Waals surface area contributed by atoms with Crippen LogP contribution >= 0.6 is 23.4 Å². The van der Waals surface area contributed by atoms with Gasteiger partial charge in [0.05, 0.1) is 11.1 Å². The fourth-order valence-corrected chi connectivity index (χ4v) is 5.21.